The first kappa shape index (κ1) is 10.1. The lowest BCUT2D eigenvalue weighted by molar-refractivity contribution is 0.00708. The molecule has 0 saturated carbocycles. The van der Waals surface area contributed by atoms with Crippen LogP contribution >= 0.6 is 0 Å². The lowest BCUT2D eigenvalue weighted by atomic mass is 9.99. The summed E-state index contributed by atoms with van der Waals surface area (Å²) in [4.78, 5) is 2.52. The van der Waals surface area contributed by atoms with Crippen molar-refractivity contribution in [1.82, 2.24) is 4.90 Å². The molecule has 3 heteroatoms. The highest BCUT2D eigenvalue weighted by Gasteiger charge is 2.27. The molecule has 1 saturated heterocycles. The molecule has 0 spiro atoms. The molecule has 2 heterocycles. The van der Waals surface area contributed by atoms with Crippen LogP contribution in [-0.4, -0.2) is 37.8 Å². The van der Waals surface area contributed by atoms with Gasteiger partial charge in [0.1, 0.15) is 5.75 Å². The lowest BCUT2D eigenvalue weighted by Gasteiger charge is -2.37. The number of hydrogen-bond acceptors (Lipinski definition) is 3. The highest BCUT2D eigenvalue weighted by Crippen LogP contribution is 2.35. The Morgan fingerprint density at radius 2 is 1.88 bits per heavy atom. The predicted molar refractivity (Wildman–Crippen MR) is 61.7 cm³/mol. The van der Waals surface area contributed by atoms with Gasteiger partial charge in [0.05, 0.1) is 19.8 Å². The maximum Gasteiger partial charge on any atom is 0.124 e. The molecule has 0 N–H and O–H groups in total. The van der Waals surface area contributed by atoms with Crippen LogP contribution in [0, 0.1) is 0 Å². The molecular formula is C13H17NO2. The van der Waals surface area contributed by atoms with E-state index in [1.54, 1.807) is 0 Å². The molecule has 0 bridgehead atoms. The van der Waals surface area contributed by atoms with Gasteiger partial charge in [-0.3, -0.25) is 4.90 Å². The first-order valence-electron chi connectivity index (χ1n) is 5.99. The van der Waals surface area contributed by atoms with Crippen LogP contribution < -0.4 is 4.74 Å². The molecule has 0 aromatic heterocycles. The Labute approximate surface area is 96.0 Å². The van der Waals surface area contributed by atoms with Crippen LogP contribution in [0.1, 0.15) is 18.0 Å². The number of morpholine rings is 1. The van der Waals surface area contributed by atoms with Crippen LogP contribution in [0.3, 0.4) is 0 Å². The van der Waals surface area contributed by atoms with E-state index in [9.17, 15) is 0 Å². The number of rotatable bonds is 1. The number of benzene rings is 1. The fraction of sp³-hybridized carbons (Fsp3) is 0.538. The largest absolute Gasteiger partial charge is 0.493 e. The van der Waals surface area contributed by atoms with Gasteiger partial charge >= 0.3 is 0 Å². The highest BCUT2D eigenvalue weighted by molar-refractivity contribution is 5.37. The van der Waals surface area contributed by atoms with E-state index in [-0.39, 0.29) is 0 Å². The van der Waals surface area contributed by atoms with Crippen LogP contribution in [-0.2, 0) is 4.74 Å². The second-order valence-electron chi connectivity index (χ2n) is 4.34. The van der Waals surface area contributed by atoms with E-state index in [1.165, 1.54) is 5.56 Å². The number of fused-ring (bicyclic) bond motifs is 1. The fourth-order valence-corrected chi connectivity index (χ4v) is 2.59. The van der Waals surface area contributed by atoms with Gasteiger partial charge in [0.25, 0.3) is 0 Å². The summed E-state index contributed by atoms with van der Waals surface area (Å²) in [5.74, 6) is 1.06. The average Bonchev–Trinajstić information content (AvgIpc) is 2.39. The molecule has 2 aliphatic rings. The molecule has 2 aliphatic heterocycles. The van der Waals surface area contributed by atoms with E-state index in [0.717, 1.165) is 45.1 Å². The predicted octanol–water partition coefficient (Wildman–Crippen LogP) is 1.84. The summed E-state index contributed by atoms with van der Waals surface area (Å²) >= 11 is 0. The van der Waals surface area contributed by atoms with Gasteiger partial charge in [0, 0.05) is 31.1 Å². The molecule has 16 heavy (non-hydrogen) atoms. The first-order chi connectivity index (χ1) is 7.95. The molecule has 1 aromatic carbocycles. The number of nitrogens with zero attached hydrogens (tertiary/aromatic N) is 1. The smallest absolute Gasteiger partial charge is 0.124 e. The molecule has 1 aromatic rings. The normalized spacial score (nSPS) is 25.9. The van der Waals surface area contributed by atoms with Gasteiger partial charge < -0.3 is 9.47 Å². The summed E-state index contributed by atoms with van der Waals surface area (Å²) in [5.41, 5.74) is 1.34. The molecule has 1 fully saturated rings. The van der Waals surface area contributed by atoms with E-state index in [1.807, 2.05) is 6.07 Å². The van der Waals surface area contributed by atoms with E-state index < -0.39 is 0 Å². The van der Waals surface area contributed by atoms with E-state index >= 15 is 0 Å². The third-order valence-corrected chi connectivity index (χ3v) is 3.41. The summed E-state index contributed by atoms with van der Waals surface area (Å²) in [6, 6.07) is 8.92. The first-order valence-corrected chi connectivity index (χ1v) is 5.99. The van der Waals surface area contributed by atoms with Crippen LogP contribution in [0.4, 0.5) is 0 Å². The third-order valence-electron chi connectivity index (χ3n) is 3.41. The Hall–Kier alpha value is -1.06. The average molecular weight is 219 g/mol. The van der Waals surface area contributed by atoms with Crippen LogP contribution in [0.15, 0.2) is 24.3 Å². The standard InChI is InChI=1S/C13H17NO2/c1-2-4-13-11(3-1)12(5-8-16-13)14-6-9-15-10-7-14/h1-4,12H,5-10H2. The van der Waals surface area contributed by atoms with Crippen molar-refractivity contribution >= 4 is 0 Å². The summed E-state index contributed by atoms with van der Waals surface area (Å²) in [6.45, 7) is 4.64. The van der Waals surface area contributed by atoms with E-state index in [0.29, 0.717) is 6.04 Å². The maximum atomic E-state index is 5.69. The topological polar surface area (TPSA) is 21.7 Å². The Balaban J connectivity index is 1.86. The molecule has 1 atom stereocenters. The number of para-hydroxylation sites is 1. The molecule has 0 aliphatic carbocycles. The summed E-state index contributed by atoms with van der Waals surface area (Å²) in [7, 11) is 0. The van der Waals surface area contributed by atoms with Gasteiger partial charge in [-0.2, -0.15) is 0 Å². The quantitative estimate of drug-likeness (QED) is 0.719. The molecule has 3 nitrogen and oxygen atoms in total. The van der Waals surface area contributed by atoms with Crippen molar-refractivity contribution in [3.05, 3.63) is 29.8 Å². The van der Waals surface area contributed by atoms with Gasteiger partial charge in [-0.15, -0.1) is 0 Å². The summed E-state index contributed by atoms with van der Waals surface area (Å²) in [6.07, 6.45) is 1.09. The molecule has 0 amide bonds. The minimum absolute atomic E-state index is 0.522. The zero-order valence-corrected chi connectivity index (χ0v) is 9.39. The van der Waals surface area contributed by atoms with Crippen molar-refractivity contribution < 1.29 is 9.47 Å². The molecule has 86 valence electrons. The van der Waals surface area contributed by atoms with Gasteiger partial charge in [0.15, 0.2) is 0 Å². The maximum absolute atomic E-state index is 5.69. The van der Waals surface area contributed by atoms with Crippen molar-refractivity contribution in [2.24, 2.45) is 0 Å². The van der Waals surface area contributed by atoms with Gasteiger partial charge in [-0.05, 0) is 6.07 Å². The van der Waals surface area contributed by atoms with Crippen LogP contribution in [0.25, 0.3) is 0 Å². The van der Waals surface area contributed by atoms with Crippen molar-refractivity contribution in [2.45, 2.75) is 12.5 Å². The highest BCUT2D eigenvalue weighted by atomic mass is 16.5. The third kappa shape index (κ3) is 1.81. The second-order valence-corrected chi connectivity index (χ2v) is 4.34. The number of hydrogen-bond donors (Lipinski definition) is 0. The Kier molecular flexibility index (Phi) is 2.80. The minimum atomic E-state index is 0.522. The number of ether oxygens (including phenoxy) is 2. The Bertz CT molecular complexity index is 361. The molecule has 0 radical (unpaired) electrons. The van der Waals surface area contributed by atoms with Crippen molar-refractivity contribution in [2.75, 3.05) is 32.9 Å². The Morgan fingerprint density at radius 3 is 2.75 bits per heavy atom. The zero-order chi connectivity index (χ0) is 10.8. The zero-order valence-electron chi connectivity index (χ0n) is 9.39. The fourth-order valence-electron chi connectivity index (χ4n) is 2.59. The van der Waals surface area contributed by atoms with Crippen molar-refractivity contribution in [3.8, 4) is 5.75 Å². The van der Waals surface area contributed by atoms with Crippen molar-refractivity contribution in [3.63, 3.8) is 0 Å². The second kappa shape index (κ2) is 4.44. The van der Waals surface area contributed by atoms with Gasteiger partial charge in [-0.25, -0.2) is 0 Å². The molecule has 3 rings (SSSR count). The van der Waals surface area contributed by atoms with Gasteiger partial charge in [0.2, 0.25) is 0 Å². The van der Waals surface area contributed by atoms with Crippen LogP contribution in [0.5, 0.6) is 5.75 Å². The van der Waals surface area contributed by atoms with Crippen LogP contribution in [0.2, 0.25) is 0 Å². The summed E-state index contributed by atoms with van der Waals surface area (Å²) < 4.78 is 11.1. The minimum Gasteiger partial charge on any atom is -0.493 e. The molecule has 1 unspecified atom stereocenters. The SMILES string of the molecule is c1ccc2c(c1)OCCC2N1CCOCC1. The molecular weight excluding hydrogens is 202 g/mol. The summed E-state index contributed by atoms with van der Waals surface area (Å²) in [5, 5.41) is 0. The van der Waals surface area contributed by atoms with E-state index in [4.69, 9.17) is 9.47 Å². The monoisotopic (exact) mass is 219 g/mol. The van der Waals surface area contributed by atoms with E-state index in [2.05, 4.69) is 23.1 Å². The van der Waals surface area contributed by atoms with Gasteiger partial charge in [-0.1, -0.05) is 18.2 Å². The van der Waals surface area contributed by atoms with Crippen molar-refractivity contribution in [1.29, 1.82) is 0 Å². The lowest BCUT2D eigenvalue weighted by Crippen LogP contribution is -2.40. The Morgan fingerprint density at radius 1 is 1.06 bits per heavy atom.